The Morgan fingerprint density at radius 1 is 1.06 bits per heavy atom. The van der Waals surface area contributed by atoms with Crippen molar-refractivity contribution in [2.45, 2.75) is 0 Å². The highest BCUT2D eigenvalue weighted by Gasteiger charge is 2.16. The molecule has 152 valence electrons. The lowest BCUT2D eigenvalue weighted by Crippen LogP contribution is -2.30. The second-order valence-electron chi connectivity index (χ2n) is 6.64. The van der Waals surface area contributed by atoms with Crippen LogP contribution in [0, 0.1) is 0 Å². The van der Waals surface area contributed by atoms with Gasteiger partial charge in [-0.15, -0.1) is 11.3 Å². The van der Waals surface area contributed by atoms with Gasteiger partial charge in [0.25, 0.3) is 6.20 Å². The topological polar surface area (TPSA) is 104 Å². The Bertz CT molecular complexity index is 1410. The molecule has 9 heteroatoms. The summed E-state index contributed by atoms with van der Waals surface area (Å²) < 4.78 is 6.67. The fourth-order valence-electron chi connectivity index (χ4n) is 3.08. The van der Waals surface area contributed by atoms with Crippen LogP contribution in [0.3, 0.4) is 0 Å². The van der Waals surface area contributed by atoms with Crippen LogP contribution >= 0.6 is 22.9 Å². The molecule has 2 aromatic carbocycles. The number of hydrogen-bond donors (Lipinski definition) is 1. The zero-order chi connectivity index (χ0) is 21.4. The molecule has 0 saturated heterocycles. The van der Waals surface area contributed by atoms with Gasteiger partial charge in [0.15, 0.2) is 0 Å². The van der Waals surface area contributed by atoms with Gasteiger partial charge in [0.2, 0.25) is 11.0 Å². The average Bonchev–Trinajstić information content (AvgIpc) is 3.39. The van der Waals surface area contributed by atoms with Crippen molar-refractivity contribution in [2.24, 2.45) is 4.99 Å². The van der Waals surface area contributed by atoms with Crippen LogP contribution < -0.4 is 15.5 Å². The third-order valence-corrected chi connectivity index (χ3v) is 5.97. The fourth-order valence-corrected chi connectivity index (χ4v) is 4.18. The van der Waals surface area contributed by atoms with Crippen molar-refractivity contribution in [3.8, 4) is 16.9 Å². The number of para-hydroxylation sites is 1. The summed E-state index contributed by atoms with van der Waals surface area (Å²) in [5.41, 5.74) is 9.04. The molecule has 0 amide bonds. The van der Waals surface area contributed by atoms with Gasteiger partial charge in [0.1, 0.15) is 4.83 Å². The molecule has 3 aromatic heterocycles. The summed E-state index contributed by atoms with van der Waals surface area (Å²) in [5.74, 6) is -0.426. The number of nitrogens with zero attached hydrogens (tertiary/aromatic N) is 4. The van der Waals surface area contributed by atoms with Crippen LogP contribution in [0.15, 0.2) is 82.4 Å². The molecular weight excluding hydrogens is 434 g/mol. The lowest BCUT2D eigenvalue weighted by molar-refractivity contribution is -0.670. The molecule has 7 nitrogen and oxygen atoms in total. The van der Waals surface area contributed by atoms with Crippen LogP contribution in [0.1, 0.15) is 4.88 Å². The van der Waals surface area contributed by atoms with Crippen molar-refractivity contribution in [3.05, 3.63) is 82.8 Å². The quantitative estimate of drug-likeness (QED) is 0.255. The molecular formula is C22H14ClN5O2S. The Balaban J connectivity index is 1.49. The molecule has 0 bridgehead atoms. The maximum atomic E-state index is 12.8. The first-order valence-corrected chi connectivity index (χ1v) is 10.4. The van der Waals surface area contributed by atoms with Gasteiger partial charge in [-0.1, -0.05) is 41.9 Å². The highest BCUT2D eigenvalue weighted by Crippen LogP contribution is 2.34. The first kappa shape index (κ1) is 19.2. The van der Waals surface area contributed by atoms with E-state index in [2.05, 4.69) is 15.2 Å². The normalized spacial score (nSPS) is 11.8. The van der Waals surface area contributed by atoms with Gasteiger partial charge in [-0.3, -0.25) is 4.52 Å². The minimum absolute atomic E-state index is 0.0838. The third kappa shape index (κ3) is 3.74. The van der Waals surface area contributed by atoms with E-state index in [1.54, 1.807) is 12.1 Å². The zero-order valence-corrected chi connectivity index (χ0v) is 17.5. The molecule has 0 atom stereocenters. The molecule has 5 aromatic rings. The Hall–Kier alpha value is -3.75. The van der Waals surface area contributed by atoms with Crippen molar-refractivity contribution in [3.63, 3.8) is 0 Å². The number of thiophene rings is 1. The van der Waals surface area contributed by atoms with Gasteiger partial charge in [-0.2, -0.15) is 0 Å². The minimum atomic E-state index is -0.509. The highest BCUT2D eigenvalue weighted by atomic mass is 35.5. The average molecular weight is 448 g/mol. The van der Waals surface area contributed by atoms with E-state index in [-0.39, 0.29) is 5.88 Å². The van der Waals surface area contributed by atoms with Crippen molar-refractivity contribution in [2.75, 3.05) is 5.73 Å². The van der Waals surface area contributed by atoms with E-state index in [0.29, 0.717) is 25.8 Å². The molecule has 3 heterocycles. The summed E-state index contributed by atoms with van der Waals surface area (Å²) >= 11 is 7.15. The van der Waals surface area contributed by atoms with Gasteiger partial charge in [0.05, 0.1) is 16.3 Å². The highest BCUT2D eigenvalue weighted by molar-refractivity contribution is 7.21. The second kappa shape index (κ2) is 7.82. The summed E-state index contributed by atoms with van der Waals surface area (Å²) in [4.78, 5) is 9.63. The van der Waals surface area contributed by atoms with Crippen molar-refractivity contribution < 1.29 is 14.3 Å². The van der Waals surface area contributed by atoms with E-state index in [9.17, 15) is 5.11 Å². The van der Waals surface area contributed by atoms with Crippen molar-refractivity contribution in [1.82, 2.24) is 10.3 Å². The van der Waals surface area contributed by atoms with Crippen molar-refractivity contribution in [1.29, 1.82) is 0 Å². The summed E-state index contributed by atoms with van der Waals surface area (Å²) in [6.07, 6.45) is 1.54. The summed E-state index contributed by atoms with van der Waals surface area (Å²) in [6, 6.07) is 20.5. The fraction of sp³-hybridized carbons (Fsp3) is 0. The molecule has 0 unspecified atom stereocenters. The van der Waals surface area contributed by atoms with Crippen LogP contribution in [-0.4, -0.2) is 16.2 Å². The molecule has 0 fully saturated rings. The SMILES string of the molecule is Nc1c(/C([O-])=N/c2c[n+](-c3ccccc3)no2)sc2nc(-c3ccc(Cl)cc3)ccc12. The number of nitrogen functional groups attached to an aromatic ring is 1. The lowest BCUT2D eigenvalue weighted by Gasteiger charge is -2.06. The molecule has 0 spiro atoms. The second-order valence-corrected chi connectivity index (χ2v) is 8.07. The molecule has 5 rings (SSSR count). The number of rotatable bonds is 4. The first-order valence-electron chi connectivity index (χ1n) is 9.23. The Morgan fingerprint density at radius 3 is 2.61 bits per heavy atom. The van der Waals surface area contributed by atoms with E-state index < -0.39 is 5.90 Å². The molecule has 0 aliphatic heterocycles. The third-order valence-electron chi connectivity index (χ3n) is 4.62. The van der Waals surface area contributed by atoms with Crippen LogP contribution in [0.4, 0.5) is 11.6 Å². The molecule has 0 radical (unpaired) electrons. The first-order chi connectivity index (χ1) is 15.1. The molecule has 2 N–H and O–H groups in total. The van der Waals surface area contributed by atoms with Crippen LogP contribution in [0.25, 0.3) is 27.2 Å². The van der Waals surface area contributed by atoms with Crippen LogP contribution in [0.5, 0.6) is 0 Å². The maximum absolute atomic E-state index is 12.8. The van der Waals surface area contributed by atoms with Gasteiger partial charge in [-0.25, -0.2) is 9.98 Å². The zero-order valence-electron chi connectivity index (χ0n) is 15.9. The molecule has 0 aliphatic rings. The van der Waals surface area contributed by atoms with Crippen molar-refractivity contribution >= 4 is 50.6 Å². The number of aliphatic imine (C=N–C) groups is 1. The van der Waals surface area contributed by atoms with Gasteiger partial charge in [-0.05, 0) is 28.9 Å². The smallest absolute Gasteiger partial charge is 0.321 e. The van der Waals surface area contributed by atoms with E-state index in [1.807, 2.05) is 54.6 Å². The van der Waals surface area contributed by atoms with E-state index in [1.165, 1.54) is 22.2 Å². The van der Waals surface area contributed by atoms with E-state index >= 15 is 0 Å². The minimum Gasteiger partial charge on any atom is -0.857 e. The Kier molecular flexibility index (Phi) is 4.85. The lowest BCUT2D eigenvalue weighted by atomic mass is 10.1. The predicted molar refractivity (Wildman–Crippen MR) is 119 cm³/mol. The van der Waals surface area contributed by atoms with E-state index in [4.69, 9.17) is 21.9 Å². The van der Waals surface area contributed by atoms with Gasteiger partial charge < -0.3 is 10.8 Å². The maximum Gasteiger partial charge on any atom is 0.321 e. The van der Waals surface area contributed by atoms with E-state index in [0.717, 1.165) is 16.9 Å². The number of benzene rings is 2. The van der Waals surface area contributed by atoms with Crippen LogP contribution in [-0.2, 0) is 0 Å². The Morgan fingerprint density at radius 2 is 1.84 bits per heavy atom. The predicted octanol–water partition coefficient (Wildman–Crippen LogP) is 3.90. The molecule has 0 aliphatic carbocycles. The summed E-state index contributed by atoms with van der Waals surface area (Å²) in [7, 11) is 0. The number of nitrogens with two attached hydrogens (primary N) is 1. The molecule has 31 heavy (non-hydrogen) atoms. The monoisotopic (exact) mass is 447 g/mol. The number of fused-ring (bicyclic) bond motifs is 1. The Labute approximate surface area is 185 Å². The summed E-state index contributed by atoms with van der Waals surface area (Å²) in [6.45, 7) is 0. The van der Waals surface area contributed by atoms with Crippen LogP contribution in [0.2, 0.25) is 5.02 Å². The number of hydrogen-bond acceptors (Lipinski definition) is 7. The standard InChI is InChI=1S/C22H14ClN5O2S/c23-14-8-6-13(7-9-14)17-11-10-16-19(24)20(31-22(16)25-17)21(29)26-18-12-28(27-30-18)15-4-2-1-3-5-15/h1-12H,(H2-,24,26,27,29). The number of anilines is 1. The van der Waals surface area contributed by atoms with Gasteiger partial charge >= 0.3 is 5.88 Å². The summed E-state index contributed by atoms with van der Waals surface area (Å²) in [5, 5.41) is 18.0. The number of halogens is 1. The number of aromatic nitrogens is 3. The number of pyridine rings is 1. The molecule has 0 saturated carbocycles. The van der Waals surface area contributed by atoms with Gasteiger partial charge in [0, 0.05) is 34.0 Å². The largest absolute Gasteiger partial charge is 0.857 e.